The molecule has 0 fully saturated rings. The van der Waals surface area contributed by atoms with Gasteiger partial charge in [0.2, 0.25) is 0 Å². The van der Waals surface area contributed by atoms with E-state index in [-0.39, 0.29) is 17.4 Å². The Morgan fingerprint density at radius 1 is 1.43 bits per heavy atom. The van der Waals surface area contributed by atoms with Crippen molar-refractivity contribution in [2.24, 2.45) is 0 Å². The second-order valence-electron chi connectivity index (χ2n) is 1.28. The molecule has 0 aromatic carbocycles. The van der Waals surface area contributed by atoms with Crippen LogP contribution in [0.25, 0.3) is 0 Å². The molecule has 0 spiro atoms. The van der Waals surface area contributed by atoms with Gasteiger partial charge >= 0.3 is 0 Å². The lowest BCUT2D eigenvalue weighted by molar-refractivity contribution is 0.867. The van der Waals surface area contributed by atoms with Gasteiger partial charge < -0.3 is 0 Å². The number of rotatable bonds is 3. The molecule has 0 aliphatic carbocycles. The second-order valence-corrected chi connectivity index (χ2v) is 1.28. The highest BCUT2D eigenvalue weighted by molar-refractivity contribution is 5.75. The van der Waals surface area contributed by atoms with E-state index in [1.54, 1.807) is 0 Å². The van der Waals surface area contributed by atoms with Crippen molar-refractivity contribution in [1.29, 1.82) is 0 Å². The third-order valence-corrected chi connectivity index (χ3v) is 0.658. The van der Waals surface area contributed by atoms with Crippen LogP contribution in [0.3, 0.4) is 0 Å². The lowest BCUT2D eigenvalue weighted by Gasteiger charge is -1.81. The highest BCUT2D eigenvalue weighted by Crippen LogP contribution is 1.90. The minimum Gasteiger partial charge on any atom is -0.103 e. The van der Waals surface area contributed by atoms with Gasteiger partial charge in [0.05, 0.1) is 0 Å². The molecular weight excluding hydrogens is 99.0 g/mol. The Labute approximate surface area is 56.7 Å². The predicted octanol–water partition coefficient (Wildman–Crippen LogP) is 0.993. The standard InChI is InChI=1S/C6H11.Al.3H/c1-3-5-6-4-2;;;;/h3H,1-2,4-6H2;;;;. The Morgan fingerprint density at radius 3 is 2.14 bits per heavy atom. The van der Waals surface area contributed by atoms with Gasteiger partial charge in [0.25, 0.3) is 0 Å². The maximum Gasteiger partial charge on any atom is 0.187 e. The summed E-state index contributed by atoms with van der Waals surface area (Å²) in [6.07, 6.45) is 5.25. The van der Waals surface area contributed by atoms with Gasteiger partial charge in [-0.3, -0.25) is 0 Å². The molecule has 0 N–H and O–H groups in total. The summed E-state index contributed by atoms with van der Waals surface area (Å²) in [5.74, 6) is 0. The average molecular weight is 113 g/mol. The minimum atomic E-state index is 0. The van der Waals surface area contributed by atoms with Crippen LogP contribution in [0.4, 0.5) is 0 Å². The molecule has 0 nitrogen and oxygen atoms in total. The SMILES string of the molecule is [AlH3].[CH2]CCCC=C. The molecule has 0 bridgehead atoms. The first-order valence-corrected chi connectivity index (χ1v) is 2.32. The molecule has 1 heteroatoms. The van der Waals surface area contributed by atoms with Crippen LogP contribution in [0.2, 0.25) is 0 Å². The summed E-state index contributed by atoms with van der Waals surface area (Å²) in [7, 11) is 0. The van der Waals surface area contributed by atoms with E-state index in [0.717, 1.165) is 12.8 Å². The quantitative estimate of drug-likeness (QED) is 0.291. The zero-order chi connectivity index (χ0) is 4.83. The van der Waals surface area contributed by atoms with E-state index >= 15 is 0 Å². The molecule has 0 unspecified atom stereocenters. The molecular formula is C6H14Al. The zero-order valence-corrected chi connectivity index (χ0v) is 4.11. The monoisotopic (exact) mass is 113 g/mol. The van der Waals surface area contributed by atoms with E-state index in [0.29, 0.717) is 0 Å². The highest BCUT2D eigenvalue weighted by Gasteiger charge is 1.71. The molecule has 0 aliphatic heterocycles. The molecule has 7 heavy (non-hydrogen) atoms. The largest absolute Gasteiger partial charge is 0.187 e. The van der Waals surface area contributed by atoms with Gasteiger partial charge in [-0.25, -0.2) is 0 Å². The average Bonchev–Trinajstić information content (AvgIpc) is 1.61. The fourth-order valence-electron chi connectivity index (χ4n) is 0.289. The van der Waals surface area contributed by atoms with Crippen LogP contribution >= 0.6 is 0 Å². The van der Waals surface area contributed by atoms with Crippen molar-refractivity contribution in [3.63, 3.8) is 0 Å². The number of hydrogen-bond acceptors (Lipinski definition) is 0. The summed E-state index contributed by atoms with van der Waals surface area (Å²) in [6, 6.07) is 0. The van der Waals surface area contributed by atoms with Gasteiger partial charge in [0.15, 0.2) is 17.4 Å². The maximum absolute atomic E-state index is 3.68. The fraction of sp³-hybridized carbons (Fsp3) is 0.500. The van der Waals surface area contributed by atoms with Crippen LogP contribution in [0.5, 0.6) is 0 Å². The van der Waals surface area contributed by atoms with E-state index in [2.05, 4.69) is 13.5 Å². The molecule has 1 radical (unpaired) electrons. The third kappa shape index (κ3) is 10.7. The van der Waals surface area contributed by atoms with E-state index in [1.807, 2.05) is 6.08 Å². The highest BCUT2D eigenvalue weighted by atomic mass is 27.0. The smallest absolute Gasteiger partial charge is 0.103 e. The Morgan fingerprint density at radius 2 is 2.00 bits per heavy atom. The summed E-state index contributed by atoms with van der Waals surface area (Å²) in [4.78, 5) is 0. The van der Waals surface area contributed by atoms with E-state index in [9.17, 15) is 0 Å². The van der Waals surface area contributed by atoms with E-state index < -0.39 is 0 Å². The lowest BCUT2D eigenvalue weighted by Crippen LogP contribution is -1.62. The number of hydrogen-bond donors (Lipinski definition) is 0. The molecule has 0 aliphatic rings. The Hall–Kier alpha value is 0.272. The molecule has 0 saturated carbocycles. The van der Waals surface area contributed by atoms with Crippen LogP contribution in [0.1, 0.15) is 19.3 Å². The first-order valence-electron chi connectivity index (χ1n) is 2.32. The van der Waals surface area contributed by atoms with Crippen molar-refractivity contribution < 1.29 is 0 Å². The maximum atomic E-state index is 3.68. The van der Waals surface area contributed by atoms with Gasteiger partial charge in [-0.05, 0) is 12.8 Å². The number of unbranched alkanes of at least 4 members (excludes halogenated alkanes) is 2. The van der Waals surface area contributed by atoms with Crippen LogP contribution in [-0.2, 0) is 0 Å². The van der Waals surface area contributed by atoms with Crippen molar-refractivity contribution in [2.75, 3.05) is 0 Å². The molecule has 0 aromatic heterocycles. The fourth-order valence-corrected chi connectivity index (χ4v) is 0.289. The molecule has 0 heterocycles. The molecule has 0 atom stereocenters. The summed E-state index contributed by atoms with van der Waals surface area (Å²) >= 11 is 0. The Balaban J connectivity index is 0. The summed E-state index contributed by atoms with van der Waals surface area (Å²) in [5.41, 5.74) is 0. The van der Waals surface area contributed by atoms with Crippen LogP contribution in [0.15, 0.2) is 12.7 Å². The molecule has 0 amide bonds. The Bertz CT molecular complexity index is 33.2. The zero-order valence-electron chi connectivity index (χ0n) is 4.11. The predicted molar refractivity (Wildman–Crippen MR) is 39.3 cm³/mol. The summed E-state index contributed by atoms with van der Waals surface area (Å²) in [5, 5.41) is 0. The van der Waals surface area contributed by atoms with Crippen molar-refractivity contribution in [3.8, 4) is 0 Å². The van der Waals surface area contributed by atoms with Crippen molar-refractivity contribution >= 4 is 17.4 Å². The van der Waals surface area contributed by atoms with Crippen LogP contribution in [0, 0.1) is 6.92 Å². The van der Waals surface area contributed by atoms with Crippen LogP contribution < -0.4 is 0 Å². The first kappa shape index (κ1) is 10.3. The topological polar surface area (TPSA) is 0 Å². The lowest BCUT2D eigenvalue weighted by atomic mass is 10.3. The van der Waals surface area contributed by atoms with E-state index in [1.165, 1.54) is 6.42 Å². The Kier molecular flexibility index (Phi) is 14.0. The number of allylic oxidation sites excluding steroid dienone is 1. The van der Waals surface area contributed by atoms with Gasteiger partial charge in [0.1, 0.15) is 0 Å². The minimum absolute atomic E-state index is 0. The van der Waals surface area contributed by atoms with Gasteiger partial charge in [0, 0.05) is 0 Å². The second kappa shape index (κ2) is 9.55. The summed E-state index contributed by atoms with van der Waals surface area (Å²) in [6.45, 7) is 7.25. The van der Waals surface area contributed by atoms with Crippen molar-refractivity contribution in [2.45, 2.75) is 19.3 Å². The van der Waals surface area contributed by atoms with E-state index in [4.69, 9.17) is 0 Å². The molecule has 41 valence electrons. The molecule has 0 saturated heterocycles. The third-order valence-electron chi connectivity index (χ3n) is 0.658. The van der Waals surface area contributed by atoms with Gasteiger partial charge in [-0.1, -0.05) is 19.4 Å². The van der Waals surface area contributed by atoms with Gasteiger partial charge in [-0.2, -0.15) is 0 Å². The van der Waals surface area contributed by atoms with Crippen LogP contribution in [-0.4, -0.2) is 17.4 Å². The van der Waals surface area contributed by atoms with Crippen molar-refractivity contribution in [1.82, 2.24) is 0 Å². The normalized spacial score (nSPS) is 7.00. The first-order chi connectivity index (χ1) is 2.91. The molecule has 0 rings (SSSR count). The molecule has 0 aromatic rings. The van der Waals surface area contributed by atoms with Crippen molar-refractivity contribution in [3.05, 3.63) is 19.6 Å². The summed E-state index contributed by atoms with van der Waals surface area (Å²) < 4.78 is 0. The van der Waals surface area contributed by atoms with Gasteiger partial charge in [-0.15, -0.1) is 6.58 Å².